The third-order valence-electron chi connectivity index (χ3n) is 9.66. The van der Waals surface area contributed by atoms with Gasteiger partial charge in [0, 0.05) is 23.5 Å². The van der Waals surface area contributed by atoms with E-state index in [2.05, 4.69) is 28.2 Å². The fourth-order valence-electron chi connectivity index (χ4n) is 7.57. The van der Waals surface area contributed by atoms with Crippen molar-refractivity contribution in [1.82, 2.24) is 15.1 Å². The average Bonchev–Trinajstić information content (AvgIpc) is 3.62. The minimum Gasteiger partial charge on any atom is -0.455 e. The van der Waals surface area contributed by atoms with Crippen LogP contribution in [0, 0.1) is 17.8 Å². The Labute approximate surface area is 279 Å². The monoisotopic (exact) mass is 699 g/mol. The number of aliphatic hydroxyl groups is 1. The van der Waals surface area contributed by atoms with Gasteiger partial charge in [0.1, 0.15) is 29.8 Å². The van der Waals surface area contributed by atoms with Crippen molar-refractivity contribution in [1.29, 1.82) is 0 Å². The van der Waals surface area contributed by atoms with E-state index in [9.17, 15) is 24.3 Å². The maximum atomic E-state index is 14.9. The first-order valence-electron chi connectivity index (χ1n) is 16.5. The molecule has 3 amide bonds. The van der Waals surface area contributed by atoms with Crippen molar-refractivity contribution in [2.24, 2.45) is 17.8 Å². The van der Waals surface area contributed by atoms with Crippen molar-refractivity contribution in [3.63, 3.8) is 0 Å². The van der Waals surface area contributed by atoms with Crippen LogP contribution in [-0.4, -0.2) is 88.1 Å². The lowest BCUT2D eigenvalue weighted by Crippen LogP contribution is -2.60. The summed E-state index contributed by atoms with van der Waals surface area (Å²) in [5, 5.41) is 13.5. The largest absolute Gasteiger partial charge is 0.455 e. The van der Waals surface area contributed by atoms with E-state index in [1.54, 1.807) is 11.0 Å². The number of nitrogens with zero attached hydrogens (tertiary/aromatic N) is 2. The van der Waals surface area contributed by atoms with Crippen molar-refractivity contribution in [2.75, 3.05) is 19.7 Å². The molecule has 1 aromatic rings. The molecule has 2 saturated heterocycles. The third-order valence-corrected chi connectivity index (χ3v) is 10.3. The lowest BCUT2D eigenvalue weighted by atomic mass is 9.74. The molecule has 46 heavy (non-hydrogen) atoms. The number of carbonyl (C=O) groups is 4. The van der Waals surface area contributed by atoms with Gasteiger partial charge in [0.15, 0.2) is 0 Å². The minimum atomic E-state index is -1.43. The summed E-state index contributed by atoms with van der Waals surface area (Å²) in [5.41, 5.74) is -0.725. The highest BCUT2D eigenvalue weighted by molar-refractivity contribution is 9.11. The van der Waals surface area contributed by atoms with Crippen LogP contribution in [0.4, 0.5) is 0 Å². The number of aliphatic hydroxyl groups excluding tert-OH is 1. The number of rotatable bonds is 8. The normalized spacial score (nSPS) is 32.2. The van der Waals surface area contributed by atoms with Crippen LogP contribution in [0.15, 0.2) is 53.0 Å². The second-order valence-electron chi connectivity index (χ2n) is 13.3. The molecule has 0 aromatic heterocycles. The Balaban J connectivity index is 1.63. The second-order valence-corrected chi connectivity index (χ2v) is 14.2. The maximum Gasteiger partial charge on any atom is 0.313 e. The van der Waals surface area contributed by atoms with E-state index in [1.807, 2.05) is 63.3 Å². The van der Waals surface area contributed by atoms with Crippen LogP contribution < -0.4 is 5.32 Å². The Morgan fingerprint density at radius 1 is 1.09 bits per heavy atom. The zero-order chi connectivity index (χ0) is 33.2. The maximum absolute atomic E-state index is 14.9. The quantitative estimate of drug-likeness (QED) is 0.310. The molecular formula is C35H46BrN3O7. The summed E-state index contributed by atoms with van der Waals surface area (Å²) < 4.78 is 13.3. The van der Waals surface area contributed by atoms with Crippen molar-refractivity contribution in [2.45, 2.75) is 95.7 Å². The number of ether oxygens (including phenoxy) is 2. The second kappa shape index (κ2) is 14.4. The van der Waals surface area contributed by atoms with Crippen LogP contribution in [0.25, 0.3) is 0 Å². The lowest BCUT2D eigenvalue weighted by Gasteiger charge is -2.40. The molecular weight excluding hydrogens is 654 g/mol. The Bertz CT molecular complexity index is 1370. The van der Waals surface area contributed by atoms with Crippen LogP contribution in [0.3, 0.4) is 0 Å². The SMILES string of the molecule is CCCC(C)N1C/C=C\CCC(=O)NC[C@@H](c2ccccc2)OC(=O)[C@@H]2[C@H]3O[C@@]4(C=C3Br)[C@H](C1=O)N([C@@H](CO)CC(C)C)C(=O)[C@@H]24. The number of nitrogens with one attached hydrogen (secondary N) is 1. The van der Waals surface area contributed by atoms with Crippen LogP contribution in [0.1, 0.15) is 71.5 Å². The van der Waals surface area contributed by atoms with Crippen molar-refractivity contribution in [3.05, 3.63) is 58.6 Å². The van der Waals surface area contributed by atoms with Gasteiger partial charge in [-0.1, -0.05) is 85.6 Å². The summed E-state index contributed by atoms with van der Waals surface area (Å²) in [6.07, 6.45) is 6.73. The lowest BCUT2D eigenvalue weighted by molar-refractivity contribution is -0.160. The molecule has 4 aliphatic heterocycles. The number of allylic oxidation sites excluding steroid dienone is 1. The molecule has 10 nitrogen and oxygen atoms in total. The molecule has 250 valence electrons. The number of cyclic esters (lactones) is 1. The van der Waals surface area contributed by atoms with E-state index in [-0.39, 0.29) is 49.9 Å². The van der Waals surface area contributed by atoms with Gasteiger partial charge in [-0.3, -0.25) is 19.2 Å². The number of amides is 3. The van der Waals surface area contributed by atoms with Crippen molar-refractivity contribution >= 4 is 39.6 Å². The number of likely N-dealkylation sites (tertiary alicyclic amines) is 1. The van der Waals surface area contributed by atoms with E-state index < -0.39 is 53.6 Å². The van der Waals surface area contributed by atoms with E-state index in [1.165, 1.54) is 4.90 Å². The zero-order valence-corrected chi connectivity index (χ0v) is 28.6. The first-order valence-corrected chi connectivity index (χ1v) is 17.3. The molecule has 2 N–H and O–H groups in total. The van der Waals surface area contributed by atoms with Gasteiger partial charge < -0.3 is 29.7 Å². The molecule has 4 heterocycles. The molecule has 2 fully saturated rings. The molecule has 0 radical (unpaired) electrons. The molecule has 0 saturated carbocycles. The molecule has 1 spiro atoms. The fourth-order valence-corrected chi connectivity index (χ4v) is 8.30. The van der Waals surface area contributed by atoms with E-state index in [0.29, 0.717) is 22.9 Å². The Kier molecular flexibility index (Phi) is 10.7. The first kappa shape index (κ1) is 34.3. The third kappa shape index (κ3) is 6.42. The van der Waals surface area contributed by atoms with Crippen molar-refractivity contribution in [3.8, 4) is 0 Å². The predicted molar refractivity (Wildman–Crippen MR) is 175 cm³/mol. The molecule has 1 unspecified atom stereocenters. The Morgan fingerprint density at radius 2 is 1.83 bits per heavy atom. The Hall–Kier alpha value is -3.02. The summed E-state index contributed by atoms with van der Waals surface area (Å²) in [5.74, 6) is -3.45. The standard InChI is InChI=1S/C35H46BrN3O7/c1-5-12-22(4)38-16-11-7-10-15-27(41)37-19-26(23-13-8-6-9-14-23)45-34(44)28-29-32(42)39(24(20-40)17-21(2)3)31(33(38)43)35(29)18-25(36)30(28)46-35/h6-9,11,13-14,18,21-22,24,26,28-31,40H,5,10,12,15-17,19-20H2,1-4H3,(H,37,41)/b11-7-/t22?,24-,26+,28+,29-,30+,31+,35-/m1/s1. The number of hydrogen-bond donors (Lipinski definition) is 2. The molecule has 8 atom stereocenters. The van der Waals surface area contributed by atoms with Gasteiger partial charge in [-0.15, -0.1) is 0 Å². The smallest absolute Gasteiger partial charge is 0.313 e. The van der Waals surface area contributed by atoms with Gasteiger partial charge in [0.25, 0.3) is 0 Å². The number of carbonyl (C=O) groups excluding carboxylic acids is 4. The van der Waals surface area contributed by atoms with Gasteiger partial charge in [-0.25, -0.2) is 0 Å². The molecule has 4 aliphatic rings. The van der Waals surface area contributed by atoms with Crippen LogP contribution in [0.2, 0.25) is 0 Å². The van der Waals surface area contributed by atoms with E-state index in [4.69, 9.17) is 9.47 Å². The van der Waals surface area contributed by atoms with Crippen molar-refractivity contribution < 1.29 is 33.8 Å². The highest BCUT2D eigenvalue weighted by atomic mass is 79.9. The first-order chi connectivity index (χ1) is 22.0. The number of hydrogen-bond acceptors (Lipinski definition) is 7. The average molecular weight is 701 g/mol. The summed E-state index contributed by atoms with van der Waals surface area (Å²) in [4.78, 5) is 59.8. The summed E-state index contributed by atoms with van der Waals surface area (Å²) >= 11 is 3.60. The van der Waals surface area contributed by atoms with Crippen LogP contribution in [-0.2, 0) is 28.7 Å². The number of benzene rings is 1. The van der Waals surface area contributed by atoms with Crippen LogP contribution >= 0.6 is 15.9 Å². The van der Waals surface area contributed by atoms with Crippen LogP contribution in [0.5, 0.6) is 0 Å². The molecule has 5 rings (SSSR count). The van der Waals surface area contributed by atoms with Gasteiger partial charge >= 0.3 is 5.97 Å². The predicted octanol–water partition coefficient (Wildman–Crippen LogP) is 4.03. The molecule has 0 aliphatic carbocycles. The number of halogens is 1. The molecule has 1 aromatic carbocycles. The fraction of sp³-hybridized carbons (Fsp3) is 0.600. The Morgan fingerprint density at radius 3 is 2.50 bits per heavy atom. The van der Waals surface area contributed by atoms with Gasteiger partial charge in [0.05, 0.1) is 25.1 Å². The molecule has 11 heteroatoms. The van der Waals surface area contributed by atoms with E-state index >= 15 is 0 Å². The highest BCUT2D eigenvalue weighted by Crippen LogP contribution is 2.59. The van der Waals surface area contributed by atoms with Gasteiger partial charge in [-0.05, 0) is 43.7 Å². The number of fused-ring (bicyclic) bond motifs is 2. The zero-order valence-electron chi connectivity index (χ0n) is 27.1. The summed E-state index contributed by atoms with van der Waals surface area (Å²) in [7, 11) is 0. The number of esters is 1. The topological polar surface area (TPSA) is 125 Å². The van der Waals surface area contributed by atoms with E-state index in [0.717, 1.165) is 12.8 Å². The van der Waals surface area contributed by atoms with Gasteiger partial charge in [0.2, 0.25) is 17.7 Å². The molecule has 5 bridgehead atoms. The highest BCUT2D eigenvalue weighted by Gasteiger charge is 2.75. The minimum absolute atomic E-state index is 0.0633. The van der Waals surface area contributed by atoms with Gasteiger partial charge in [-0.2, -0.15) is 0 Å². The summed E-state index contributed by atoms with van der Waals surface area (Å²) in [6.45, 7) is 8.07. The summed E-state index contributed by atoms with van der Waals surface area (Å²) in [6, 6.07) is 7.27.